The van der Waals surface area contributed by atoms with Crippen molar-refractivity contribution in [3.63, 3.8) is 0 Å². The van der Waals surface area contributed by atoms with Gasteiger partial charge in [-0.1, -0.05) is 6.07 Å². The third-order valence-electron chi connectivity index (χ3n) is 3.52. The maximum absolute atomic E-state index is 12.5. The molecular formula is C14H16N4O. The van der Waals surface area contributed by atoms with Crippen molar-refractivity contribution < 1.29 is 4.79 Å². The van der Waals surface area contributed by atoms with E-state index in [0.29, 0.717) is 5.69 Å². The molecule has 98 valence electrons. The number of amides is 1. The minimum absolute atomic E-state index is 0.00644. The van der Waals surface area contributed by atoms with Gasteiger partial charge in [-0.3, -0.25) is 14.5 Å². The van der Waals surface area contributed by atoms with Crippen LogP contribution >= 0.6 is 0 Å². The maximum Gasteiger partial charge on any atom is 0.274 e. The summed E-state index contributed by atoms with van der Waals surface area (Å²) in [5.41, 5.74) is 1.61. The van der Waals surface area contributed by atoms with E-state index < -0.39 is 0 Å². The molecule has 1 aliphatic rings. The van der Waals surface area contributed by atoms with E-state index in [-0.39, 0.29) is 11.9 Å². The van der Waals surface area contributed by atoms with Crippen LogP contribution in [0, 0.1) is 0 Å². The molecule has 0 aliphatic carbocycles. The molecule has 1 amide bonds. The minimum Gasteiger partial charge on any atom is -0.330 e. The zero-order valence-electron chi connectivity index (χ0n) is 10.9. The monoisotopic (exact) mass is 256 g/mol. The maximum atomic E-state index is 12.5. The first-order chi connectivity index (χ1) is 9.25. The quantitative estimate of drug-likeness (QED) is 0.823. The summed E-state index contributed by atoms with van der Waals surface area (Å²) in [5, 5.41) is 4.19. The smallest absolute Gasteiger partial charge is 0.274 e. The van der Waals surface area contributed by atoms with Gasteiger partial charge in [-0.15, -0.1) is 0 Å². The normalized spacial score (nSPS) is 18.8. The van der Waals surface area contributed by atoms with Crippen LogP contribution in [-0.2, 0) is 7.05 Å². The highest BCUT2D eigenvalue weighted by molar-refractivity contribution is 5.92. The van der Waals surface area contributed by atoms with E-state index in [1.54, 1.807) is 23.1 Å². The molecule has 0 N–H and O–H groups in total. The molecule has 3 rings (SSSR count). The van der Waals surface area contributed by atoms with Gasteiger partial charge >= 0.3 is 0 Å². The Morgan fingerprint density at radius 2 is 2.32 bits per heavy atom. The van der Waals surface area contributed by atoms with Gasteiger partial charge in [0.05, 0.1) is 6.04 Å². The zero-order valence-corrected chi connectivity index (χ0v) is 10.9. The molecule has 3 heterocycles. The van der Waals surface area contributed by atoms with Crippen LogP contribution in [0.1, 0.15) is 34.9 Å². The number of rotatable bonds is 2. The third kappa shape index (κ3) is 2.23. The van der Waals surface area contributed by atoms with Crippen LogP contribution in [0.25, 0.3) is 0 Å². The van der Waals surface area contributed by atoms with Crippen molar-refractivity contribution in [2.24, 2.45) is 7.05 Å². The SMILES string of the molecule is Cn1ccc(C(=O)N2CCCC2c2cccnc2)n1. The van der Waals surface area contributed by atoms with Crippen molar-refractivity contribution in [3.05, 3.63) is 48.0 Å². The number of aromatic nitrogens is 3. The summed E-state index contributed by atoms with van der Waals surface area (Å²) in [7, 11) is 1.82. The van der Waals surface area contributed by atoms with Crippen LogP contribution in [0.2, 0.25) is 0 Å². The first kappa shape index (κ1) is 11.9. The second-order valence-electron chi connectivity index (χ2n) is 4.82. The molecule has 0 saturated carbocycles. The van der Waals surface area contributed by atoms with Crippen LogP contribution in [0.4, 0.5) is 0 Å². The molecule has 1 saturated heterocycles. The van der Waals surface area contributed by atoms with Gasteiger partial charge in [-0.05, 0) is 30.5 Å². The molecule has 5 heteroatoms. The lowest BCUT2D eigenvalue weighted by atomic mass is 10.1. The van der Waals surface area contributed by atoms with E-state index >= 15 is 0 Å². The lowest BCUT2D eigenvalue weighted by Gasteiger charge is -2.23. The highest BCUT2D eigenvalue weighted by Gasteiger charge is 2.31. The zero-order chi connectivity index (χ0) is 13.2. The first-order valence-corrected chi connectivity index (χ1v) is 6.46. The molecule has 2 aromatic rings. The Labute approximate surface area is 111 Å². The molecule has 1 aliphatic heterocycles. The van der Waals surface area contributed by atoms with E-state index in [2.05, 4.69) is 10.1 Å². The van der Waals surface area contributed by atoms with Gasteiger partial charge in [0.15, 0.2) is 0 Å². The van der Waals surface area contributed by atoms with Crippen LogP contribution in [0.5, 0.6) is 0 Å². The Morgan fingerprint density at radius 1 is 1.42 bits per heavy atom. The Kier molecular flexibility index (Phi) is 3.03. The van der Waals surface area contributed by atoms with Gasteiger partial charge in [0.25, 0.3) is 5.91 Å². The van der Waals surface area contributed by atoms with Crippen LogP contribution in [0.3, 0.4) is 0 Å². The lowest BCUT2D eigenvalue weighted by molar-refractivity contribution is 0.0728. The summed E-state index contributed by atoms with van der Waals surface area (Å²) in [6.07, 6.45) is 7.41. The third-order valence-corrected chi connectivity index (χ3v) is 3.52. The van der Waals surface area contributed by atoms with Crippen molar-refractivity contribution in [2.45, 2.75) is 18.9 Å². The second kappa shape index (κ2) is 4.84. The van der Waals surface area contributed by atoms with Crippen molar-refractivity contribution in [1.82, 2.24) is 19.7 Å². The van der Waals surface area contributed by atoms with E-state index in [4.69, 9.17) is 0 Å². The Morgan fingerprint density at radius 3 is 3.00 bits per heavy atom. The van der Waals surface area contributed by atoms with Crippen molar-refractivity contribution >= 4 is 5.91 Å². The number of pyridine rings is 1. The van der Waals surface area contributed by atoms with Crippen LogP contribution < -0.4 is 0 Å². The molecular weight excluding hydrogens is 240 g/mol. The largest absolute Gasteiger partial charge is 0.330 e. The van der Waals surface area contributed by atoms with Crippen molar-refractivity contribution in [2.75, 3.05) is 6.54 Å². The minimum atomic E-state index is 0.00644. The number of nitrogens with zero attached hydrogens (tertiary/aromatic N) is 4. The van der Waals surface area contributed by atoms with Crippen molar-refractivity contribution in [3.8, 4) is 0 Å². The summed E-state index contributed by atoms with van der Waals surface area (Å²) < 4.78 is 1.66. The Bertz CT molecular complexity index is 578. The van der Waals surface area contributed by atoms with Crippen LogP contribution in [0.15, 0.2) is 36.8 Å². The van der Waals surface area contributed by atoms with Gasteiger partial charge in [0, 0.05) is 32.2 Å². The second-order valence-corrected chi connectivity index (χ2v) is 4.82. The number of carbonyl (C=O) groups is 1. The standard InChI is InChI=1S/C14H16N4O/c1-17-9-6-12(16-17)14(19)18-8-3-5-13(18)11-4-2-7-15-10-11/h2,4,6-7,9-10,13H,3,5,8H2,1H3. The molecule has 19 heavy (non-hydrogen) atoms. The highest BCUT2D eigenvalue weighted by Crippen LogP contribution is 2.32. The molecule has 1 unspecified atom stereocenters. The van der Waals surface area contributed by atoms with E-state index in [1.807, 2.05) is 30.3 Å². The number of hydrogen-bond acceptors (Lipinski definition) is 3. The van der Waals surface area contributed by atoms with Crippen LogP contribution in [-0.4, -0.2) is 32.1 Å². The average Bonchev–Trinajstić information content (AvgIpc) is 3.07. The molecule has 0 spiro atoms. The van der Waals surface area contributed by atoms with Crippen molar-refractivity contribution in [1.29, 1.82) is 0 Å². The van der Waals surface area contributed by atoms with Gasteiger partial charge in [-0.2, -0.15) is 5.10 Å². The topological polar surface area (TPSA) is 51.0 Å². The van der Waals surface area contributed by atoms with E-state index in [9.17, 15) is 4.79 Å². The number of likely N-dealkylation sites (tertiary alicyclic amines) is 1. The first-order valence-electron chi connectivity index (χ1n) is 6.46. The molecule has 1 atom stereocenters. The summed E-state index contributed by atoms with van der Waals surface area (Å²) >= 11 is 0. The number of aryl methyl sites for hydroxylation is 1. The predicted octanol–water partition coefficient (Wildman–Crippen LogP) is 1.79. The average molecular weight is 256 g/mol. The van der Waals surface area contributed by atoms with E-state index in [0.717, 1.165) is 24.9 Å². The number of hydrogen-bond donors (Lipinski definition) is 0. The predicted molar refractivity (Wildman–Crippen MR) is 70.5 cm³/mol. The number of carbonyl (C=O) groups excluding carboxylic acids is 1. The Balaban J connectivity index is 1.86. The summed E-state index contributed by atoms with van der Waals surface area (Å²) in [5.74, 6) is 0.00644. The summed E-state index contributed by atoms with van der Waals surface area (Å²) in [6, 6.07) is 5.84. The Hall–Kier alpha value is -2.17. The lowest BCUT2D eigenvalue weighted by Crippen LogP contribution is -2.31. The molecule has 0 radical (unpaired) electrons. The highest BCUT2D eigenvalue weighted by atomic mass is 16.2. The fourth-order valence-electron chi connectivity index (χ4n) is 2.61. The van der Waals surface area contributed by atoms with Gasteiger partial charge in [0.1, 0.15) is 5.69 Å². The fraction of sp³-hybridized carbons (Fsp3) is 0.357. The van der Waals surface area contributed by atoms with Gasteiger partial charge in [0.2, 0.25) is 0 Å². The van der Waals surface area contributed by atoms with Gasteiger partial charge in [-0.25, -0.2) is 0 Å². The molecule has 1 fully saturated rings. The summed E-state index contributed by atoms with van der Waals surface area (Å²) in [6.45, 7) is 0.787. The molecule has 0 aromatic carbocycles. The molecule has 2 aromatic heterocycles. The molecule has 0 bridgehead atoms. The fourth-order valence-corrected chi connectivity index (χ4v) is 2.61. The summed E-state index contributed by atoms with van der Waals surface area (Å²) in [4.78, 5) is 18.5. The van der Waals surface area contributed by atoms with Gasteiger partial charge < -0.3 is 4.90 Å². The van der Waals surface area contributed by atoms with E-state index in [1.165, 1.54) is 0 Å². The molecule has 5 nitrogen and oxygen atoms in total.